The van der Waals surface area contributed by atoms with Crippen LogP contribution < -0.4 is 0 Å². The zero-order valence-corrected chi connectivity index (χ0v) is 36.6. The third-order valence-electron chi connectivity index (χ3n) is 9.30. The molecule has 322 valence electrons. The average Bonchev–Trinajstić information content (AvgIpc) is 3.21. The largest absolute Gasteiger partial charge is 0.462 e. The second-order valence-corrected chi connectivity index (χ2v) is 14.7. The summed E-state index contributed by atoms with van der Waals surface area (Å²) in [5.74, 6) is -0.639. The van der Waals surface area contributed by atoms with Crippen molar-refractivity contribution in [2.45, 2.75) is 193 Å². The molecule has 5 heteroatoms. The number of allylic oxidation sites excluding steroid dienone is 18. The molecule has 0 aliphatic carbocycles. The molecule has 0 aliphatic rings. The lowest BCUT2D eigenvalue weighted by Gasteiger charge is -2.15. The van der Waals surface area contributed by atoms with E-state index in [0.29, 0.717) is 12.8 Å². The molecule has 0 amide bonds. The van der Waals surface area contributed by atoms with Gasteiger partial charge in [-0.1, -0.05) is 181 Å². The first kappa shape index (κ1) is 53.6. The molecule has 57 heavy (non-hydrogen) atoms. The van der Waals surface area contributed by atoms with Crippen LogP contribution in [0.1, 0.15) is 187 Å². The lowest BCUT2D eigenvalue weighted by molar-refractivity contribution is -0.161. The van der Waals surface area contributed by atoms with Gasteiger partial charge in [-0.2, -0.15) is 0 Å². The summed E-state index contributed by atoms with van der Waals surface area (Å²) in [5, 5.41) is 9.58. The van der Waals surface area contributed by atoms with E-state index in [1.165, 1.54) is 51.4 Å². The summed E-state index contributed by atoms with van der Waals surface area (Å²) in [6, 6.07) is 0. The van der Waals surface area contributed by atoms with E-state index in [4.69, 9.17) is 9.47 Å². The molecule has 0 rings (SSSR count). The van der Waals surface area contributed by atoms with E-state index >= 15 is 0 Å². The molecule has 0 radical (unpaired) electrons. The zero-order chi connectivity index (χ0) is 41.4. The van der Waals surface area contributed by atoms with Crippen molar-refractivity contribution in [3.05, 3.63) is 109 Å². The van der Waals surface area contributed by atoms with Crippen molar-refractivity contribution in [3.63, 3.8) is 0 Å². The fourth-order valence-electron chi connectivity index (χ4n) is 5.86. The first-order valence-electron chi connectivity index (χ1n) is 22.9. The molecule has 0 aromatic heterocycles. The number of aliphatic hydroxyl groups excluding tert-OH is 1. The molecule has 0 aliphatic heterocycles. The monoisotopic (exact) mass is 789 g/mol. The molecule has 0 saturated heterocycles. The van der Waals surface area contributed by atoms with Gasteiger partial charge in [-0.15, -0.1) is 0 Å². The summed E-state index contributed by atoms with van der Waals surface area (Å²) < 4.78 is 10.6. The quantitative estimate of drug-likeness (QED) is 0.0380. The summed E-state index contributed by atoms with van der Waals surface area (Å²) in [4.78, 5) is 24.3. The highest BCUT2D eigenvalue weighted by molar-refractivity contribution is 5.70. The Labute approximate surface area is 350 Å². The minimum atomic E-state index is -0.796. The van der Waals surface area contributed by atoms with Crippen molar-refractivity contribution in [2.24, 2.45) is 0 Å². The Bertz CT molecular complexity index is 1160. The minimum Gasteiger partial charge on any atom is -0.462 e. The molecular formula is C52H84O5. The van der Waals surface area contributed by atoms with E-state index in [1.54, 1.807) is 0 Å². The molecule has 1 unspecified atom stereocenters. The van der Waals surface area contributed by atoms with Gasteiger partial charge in [0, 0.05) is 12.8 Å². The molecule has 1 atom stereocenters. The number of unbranched alkanes of at least 4 members (excludes halogenated alkanes) is 14. The van der Waals surface area contributed by atoms with Crippen LogP contribution in [-0.4, -0.2) is 36.4 Å². The number of esters is 2. The van der Waals surface area contributed by atoms with Gasteiger partial charge in [-0.25, -0.2) is 0 Å². The van der Waals surface area contributed by atoms with Gasteiger partial charge in [0.2, 0.25) is 0 Å². The summed E-state index contributed by atoms with van der Waals surface area (Å²) in [5.41, 5.74) is 0. The van der Waals surface area contributed by atoms with Gasteiger partial charge in [0.05, 0.1) is 6.61 Å². The van der Waals surface area contributed by atoms with Gasteiger partial charge in [-0.05, 0) is 103 Å². The van der Waals surface area contributed by atoms with Gasteiger partial charge in [0.25, 0.3) is 0 Å². The molecule has 5 nitrogen and oxygen atoms in total. The Balaban J connectivity index is 3.68. The normalized spacial score (nSPS) is 13.2. The Morgan fingerprint density at radius 3 is 1.16 bits per heavy atom. The van der Waals surface area contributed by atoms with Crippen molar-refractivity contribution in [2.75, 3.05) is 13.2 Å². The number of carbonyl (C=O) groups is 2. The first-order valence-corrected chi connectivity index (χ1v) is 22.9. The van der Waals surface area contributed by atoms with Crippen molar-refractivity contribution in [1.29, 1.82) is 0 Å². The van der Waals surface area contributed by atoms with Gasteiger partial charge < -0.3 is 14.6 Å². The fourth-order valence-corrected chi connectivity index (χ4v) is 5.86. The highest BCUT2D eigenvalue weighted by Crippen LogP contribution is 2.11. The highest BCUT2D eigenvalue weighted by atomic mass is 16.6. The molecular weight excluding hydrogens is 705 g/mol. The zero-order valence-electron chi connectivity index (χ0n) is 36.6. The molecule has 1 N–H and O–H groups in total. The van der Waals surface area contributed by atoms with Gasteiger partial charge >= 0.3 is 11.9 Å². The minimum absolute atomic E-state index is 0.0873. The van der Waals surface area contributed by atoms with Crippen LogP contribution in [0.15, 0.2) is 109 Å². The predicted octanol–water partition coefficient (Wildman–Crippen LogP) is 15.0. The fraction of sp³-hybridized carbons (Fsp3) is 0.615. The number of hydrogen-bond acceptors (Lipinski definition) is 5. The Kier molecular flexibility index (Phi) is 44.1. The lowest BCUT2D eigenvalue weighted by atomic mass is 10.1. The maximum absolute atomic E-state index is 12.2. The SMILES string of the molecule is CC/C=C\C/C=C\C/C=C\C/C=C\C/C=C\C/C=C\C/C=C\C/C=C\CCCCCCC(=O)OC(CO)COC(=O)CCCCCCC/C=C\CCCCCCC. The third kappa shape index (κ3) is 45.1. The summed E-state index contributed by atoms with van der Waals surface area (Å²) in [7, 11) is 0. The average molecular weight is 789 g/mol. The summed E-state index contributed by atoms with van der Waals surface area (Å²) in [6.45, 7) is 3.97. The van der Waals surface area contributed by atoms with Crippen molar-refractivity contribution in [1.82, 2.24) is 0 Å². The number of ether oxygens (including phenoxy) is 2. The number of aliphatic hydroxyl groups is 1. The van der Waals surface area contributed by atoms with Crippen LogP contribution in [0.4, 0.5) is 0 Å². The van der Waals surface area contributed by atoms with Gasteiger partial charge in [0.15, 0.2) is 6.10 Å². The van der Waals surface area contributed by atoms with Crippen molar-refractivity contribution >= 4 is 11.9 Å². The molecule has 0 aromatic carbocycles. The van der Waals surface area contributed by atoms with E-state index in [9.17, 15) is 14.7 Å². The molecule has 0 heterocycles. The van der Waals surface area contributed by atoms with Crippen LogP contribution in [0, 0.1) is 0 Å². The van der Waals surface area contributed by atoms with Crippen LogP contribution in [-0.2, 0) is 19.1 Å². The Morgan fingerprint density at radius 2 is 0.754 bits per heavy atom. The van der Waals surface area contributed by atoms with Crippen molar-refractivity contribution < 1.29 is 24.2 Å². The predicted molar refractivity (Wildman–Crippen MR) is 246 cm³/mol. The van der Waals surface area contributed by atoms with Crippen LogP contribution in [0.2, 0.25) is 0 Å². The van der Waals surface area contributed by atoms with E-state index in [1.807, 2.05) is 0 Å². The highest BCUT2D eigenvalue weighted by Gasteiger charge is 2.16. The number of rotatable bonds is 40. The van der Waals surface area contributed by atoms with E-state index < -0.39 is 6.10 Å². The lowest BCUT2D eigenvalue weighted by Crippen LogP contribution is -2.28. The molecule has 0 saturated carbocycles. The van der Waals surface area contributed by atoms with Crippen LogP contribution >= 0.6 is 0 Å². The molecule has 0 bridgehead atoms. The van der Waals surface area contributed by atoms with Crippen LogP contribution in [0.25, 0.3) is 0 Å². The second kappa shape index (κ2) is 46.9. The number of hydrogen-bond donors (Lipinski definition) is 1. The maximum Gasteiger partial charge on any atom is 0.306 e. The molecule has 0 aromatic rings. The van der Waals surface area contributed by atoms with Crippen LogP contribution in [0.5, 0.6) is 0 Å². The van der Waals surface area contributed by atoms with Gasteiger partial charge in [-0.3, -0.25) is 9.59 Å². The molecule has 0 fully saturated rings. The van der Waals surface area contributed by atoms with Gasteiger partial charge in [0.1, 0.15) is 6.61 Å². The Morgan fingerprint density at radius 1 is 0.421 bits per heavy atom. The van der Waals surface area contributed by atoms with E-state index in [-0.39, 0.29) is 25.2 Å². The Hall–Kier alpha value is -3.44. The topological polar surface area (TPSA) is 72.8 Å². The third-order valence-corrected chi connectivity index (χ3v) is 9.30. The summed E-state index contributed by atoms with van der Waals surface area (Å²) >= 11 is 0. The number of carbonyl (C=O) groups excluding carboxylic acids is 2. The first-order chi connectivity index (χ1) is 28.1. The summed E-state index contributed by atoms with van der Waals surface area (Å²) in [6.07, 6.45) is 67.3. The molecule has 0 spiro atoms. The maximum atomic E-state index is 12.2. The van der Waals surface area contributed by atoms with E-state index in [0.717, 1.165) is 109 Å². The smallest absolute Gasteiger partial charge is 0.306 e. The van der Waals surface area contributed by atoms with E-state index in [2.05, 4.69) is 123 Å². The van der Waals surface area contributed by atoms with Crippen LogP contribution in [0.3, 0.4) is 0 Å². The second-order valence-electron chi connectivity index (χ2n) is 14.7. The van der Waals surface area contributed by atoms with Crippen molar-refractivity contribution in [3.8, 4) is 0 Å². The standard InChI is InChI=1S/C52H84O5/c1-3-5-7-9-11-13-15-17-19-20-21-22-23-24-25-26-27-28-29-30-31-32-33-35-37-39-41-43-45-47-52(55)57-50(48-53)49-56-51(54)46-44-42-40-38-36-34-18-16-14-12-10-8-6-4-2/h5,7,11,13,16-19,21-22,24-25,27-28,30-31,33,35,50,53H,3-4,6,8-10,12,14-15,20,23,26,29,32,34,36-49H2,1-2H3/b7-5-,13-11-,18-16-,19-17-,22-21-,25-24-,28-27-,31-30-,35-33-.